The molecule has 0 saturated carbocycles. The first kappa shape index (κ1) is 31.1. The zero-order valence-corrected chi connectivity index (χ0v) is 20.4. The number of rotatable bonds is 17. The van der Waals surface area contributed by atoms with E-state index in [-0.39, 0.29) is 18.3 Å². The average Bonchev–Trinajstić information content (AvgIpc) is 2.74. The van der Waals surface area contributed by atoms with Crippen LogP contribution in [0.2, 0.25) is 0 Å². The van der Waals surface area contributed by atoms with E-state index >= 15 is 0 Å². The average molecular weight is 487 g/mol. The van der Waals surface area contributed by atoms with Gasteiger partial charge in [0.25, 0.3) is 0 Å². The van der Waals surface area contributed by atoms with Crippen molar-refractivity contribution in [1.82, 2.24) is 16.0 Å². The van der Waals surface area contributed by atoms with Gasteiger partial charge in [-0.3, -0.25) is 24.2 Å². The van der Waals surface area contributed by atoms with Gasteiger partial charge in [-0.25, -0.2) is 0 Å². The normalized spacial score (nSPS) is 14.4. The monoisotopic (exact) mass is 486 g/mol. The highest BCUT2D eigenvalue weighted by atomic mass is 16.4. The van der Waals surface area contributed by atoms with E-state index in [0.29, 0.717) is 45.2 Å². The largest absolute Gasteiger partial charge is 0.480 e. The standard InChI is InChI=1S/C21H42N8O5/c1-12(2)11-16(29-17(30)14(23)7-6-10-26-21(24)25)19(32)28-15(8-4-5-9-22)18(31)27-13(3)20(33)34/h12-16H,4-11,22-23H2,1-3H3,(H,27,31)(H,28,32)(H,29,30)(H,33,34)(H4,24,25,26). The summed E-state index contributed by atoms with van der Waals surface area (Å²) in [5, 5.41) is 16.7. The topological polar surface area (TPSA) is 241 Å². The van der Waals surface area contributed by atoms with Gasteiger partial charge in [-0.2, -0.15) is 0 Å². The molecule has 13 nitrogen and oxygen atoms in total. The maximum Gasteiger partial charge on any atom is 0.325 e. The molecular formula is C21H42N8O5. The van der Waals surface area contributed by atoms with Gasteiger partial charge in [0.1, 0.15) is 18.1 Å². The molecule has 4 unspecified atom stereocenters. The number of carboxylic acid groups (broad SMARTS) is 1. The third kappa shape index (κ3) is 13.6. The molecule has 12 N–H and O–H groups in total. The fourth-order valence-electron chi connectivity index (χ4n) is 3.04. The Bertz CT molecular complexity index is 697. The van der Waals surface area contributed by atoms with Crippen molar-refractivity contribution in [2.75, 3.05) is 13.1 Å². The lowest BCUT2D eigenvalue weighted by atomic mass is 10.0. The van der Waals surface area contributed by atoms with E-state index in [1.165, 1.54) is 6.92 Å². The molecule has 4 atom stereocenters. The molecule has 0 bridgehead atoms. The molecule has 0 heterocycles. The van der Waals surface area contributed by atoms with Crippen LogP contribution < -0.4 is 38.9 Å². The summed E-state index contributed by atoms with van der Waals surface area (Å²) in [4.78, 5) is 53.1. The van der Waals surface area contributed by atoms with E-state index in [1.54, 1.807) is 0 Å². The fourth-order valence-corrected chi connectivity index (χ4v) is 3.04. The van der Waals surface area contributed by atoms with Gasteiger partial charge in [-0.05, 0) is 57.9 Å². The zero-order valence-electron chi connectivity index (χ0n) is 20.4. The maximum atomic E-state index is 13.0. The van der Waals surface area contributed by atoms with E-state index in [9.17, 15) is 19.2 Å². The zero-order chi connectivity index (χ0) is 26.3. The molecule has 0 aliphatic carbocycles. The first-order valence-corrected chi connectivity index (χ1v) is 11.5. The lowest BCUT2D eigenvalue weighted by Crippen LogP contribution is -2.57. The third-order valence-electron chi connectivity index (χ3n) is 4.95. The van der Waals surface area contributed by atoms with Crippen LogP contribution in [0.5, 0.6) is 0 Å². The molecule has 13 heteroatoms. The van der Waals surface area contributed by atoms with Gasteiger partial charge in [0.2, 0.25) is 17.7 Å². The van der Waals surface area contributed by atoms with Crippen molar-refractivity contribution in [2.45, 2.75) is 83.5 Å². The number of carbonyl (C=O) groups is 4. The van der Waals surface area contributed by atoms with Gasteiger partial charge in [-0.1, -0.05) is 13.8 Å². The number of carbonyl (C=O) groups excluding carboxylic acids is 3. The van der Waals surface area contributed by atoms with E-state index in [4.69, 9.17) is 28.0 Å². The molecule has 34 heavy (non-hydrogen) atoms. The second-order valence-corrected chi connectivity index (χ2v) is 8.66. The Labute approximate surface area is 200 Å². The molecule has 0 saturated heterocycles. The van der Waals surface area contributed by atoms with Gasteiger partial charge in [0, 0.05) is 6.54 Å². The second kappa shape index (κ2) is 16.6. The summed E-state index contributed by atoms with van der Waals surface area (Å²) in [6.07, 6.45) is 2.58. The SMILES string of the molecule is CC(C)CC(NC(=O)C(N)CCCN=C(N)N)C(=O)NC(CCCCN)C(=O)NC(C)C(=O)O. The molecule has 196 valence electrons. The van der Waals surface area contributed by atoms with Crippen molar-refractivity contribution in [1.29, 1.82) is 0 Å². The summed E-state index contributed by atoms with van der Waals surface area (Å²) in [7, 11) is 0. The van der Waals surface area contributed by atoms with Crippen LogP contribution in [0.4, 0.5) is 0 Å². The minimum atomic E-state index is -1.20. The van der Waals surface area contributed by atoms with Gasteiger partial charge in [0.05, 0.1) is 6.04 Å². The predicted octanol–water partition coefficient (Wildman–Crippen LogP) is -1.90. The molecule has 0 aromatic carbocycles. The molecule has 0 aliphatic heterocycles. The van der Waals surface area contributed by atoms with Crippen molar-refractivity contribution >= 4 is 29.7 Å². The summed E-state index contributed by atoms with van der Waals surface area (Å²) in [6.45, 7) is 5.85. The van der Waals surface area contributed by atoms with E-state index in [2.05, 4.69) is 20.9 Å². The quantitative estimate of drug-likeness (QED) is 0.0649. The van der Waals surface area contributed by atoms with Crippen LogP contribution in [0.1, 0.15) is 59.3 Å². The number of guanidine groups is 1. The number of nitrogens with one attached hydrogen (secondary N) is 3. The summed E-state index contributed by atoms with van der Waals surface area (Å²) in [6, 6.07) is -3.88. The van der Waals surface area contributed by atoms with Crippen LogP contribution >= 0.6 is 0 Å². The molecule has 0 aliphatic rings. The van der Waals surface area contributed by atoms with Gasteiger partial charge < -0.3 is 44.0 Å². The van der Waals surface area contributed by atoms with Crippen LogP contribution in [0.15, 0.2) is 4.99 Å². The molecule has 3 amide bonds. The number of carboxylic acids is 1. The summed E-state index contributed by atoms with van der Waals surface area (Å²) >= 11 is 0. The van der Waals surface area contributed by atoms with E-state index in [0.717, 1.165) is 0 Å². The number of hydrogen-bond acceptors (Lipinski definition) is 7. The molecule has 0 aromatic heterocycles. The summed E-state index contributed by atoms with van der Waals surface area (Å²) < 4.78 is 0. The Morgan fingerprint density at radius 1 is 0.853 bits per heavy atom. The van der Waals surface area contributed by atoms with Crippen molar-refractivity contribution in [3.05, 3.63) is 0 Å². The van der Waals surface area contributed by atoms with Crippen LogP contribution in [-0.4, -0.2) is 72.0 Å². The molecular weight excluding hydrogens is 444 g/mol. The van der Waals surface area contributed by atoms with Crippen molar-refractivity contribution in [3.8, 4) is 0 Å². The first-order chi connectivity index (χ1) is 15.9. The lowest BCUT2D eigenvalue weighted by Gasteiger charge is -2.25. The third-order valence-corrected chi connectivity index (χ3v) is 4.95. The Kier molecular flexibility index (Phi) is 15.2. The lowest BCUT2D eigenvalue weighted by molar-refractivity contribution is -0.141. The van der Waals surface area contributed by atoms with Gasteiger partial charge in [-0.15, -0.1) is 0 Å². The number of aliphatic carboxylic acids is 1. The maximum absolute atomic E-state index is 13.0. The van der Waals surface area contributed by atoms with Crippen molar-refractivity contribution < 1.29 is 24.3 Å². The highest BCUT2D eigenvalue weighted by molar-refractivity contribution is 5.94. The minimum Gasteiger partial charge on any atom is -0.480 e. The second-order valence-electron chi connectivity index (χ2n) is 8.66. The molecule has 0 rings (SSSR count). The molecule has 0 fully saturated rings. The van der Waals surface area contributed by atoms with Crippen molar-refractivity contribution in [3.63, 3.8) is 0 Å². The number of aliphatic imine (C=N–C) groups is 1. The van der Waals surface area contributed by atoms with Gasteiger partial charge in [0.15, 0.2) is 5.96 Å². The highest BCUT2D eigenvalue weighted by Gasteiger charge is 2.29. The number of nitrogens with zero attached hydrogens (tertiary/aromatic N) is 1. The van der Waals surface area contributed by atoms with Crippen molar-refractivity contribution in [2.24, 2.45) is 33.8 Å². The number of amides is 3. The fraction of sp³-hybridized carbons (Fsp3) is 0.762. The number of unbranched alkanes of at least 4 members (excludes halogenated alkanes) is 1. The van der Waals surface area contributed by atoms with Gasteiger partial charge >= 0.3 is 5.97 Å². The summed E-state index contributed by atoms with van der Waals surface area (Å²) in [5.41, 5.74) is 22.0. The number of hydrogen-bond donors (Lipinski definition) is 8. The Balaban J connectivity index is 5.25. The predicted molar refractivity (Wildman–Crippen MR) is 129 cm³/mol. The minimum absolute atomic E-state index is 0.0468. The van der Waals surface area contributed by atoms with Crippen LogP contribution in [0.25, 0.3) is 0 Å². The molecule has 0 radical (unpaired) electrons. The molecule has 0 aromatic rings. The summed E-state index contributed by atoms with van der Waals surface area (Å²) in [5.74, 6) is -2.86. The van der Waals surface area contributed by atoms with E-state index < -0.39 is 47.9 Å². The van der Waals surface area contributed by atoms with Crippen LogP contribution in [-0.2, 0) is 19.2 Å². The first-order valence-electron chi connectivity index (χ1n) is 11.5. The van der Waals surface area contributed by atoms with E-state index in [1.807, 2.05) is 13.8 Å². The Hall–Kier alpha value is -2.93. The molecule has 0 spiro atoms. The Morgan fingerprint density at radius 2 is 1.44 bits per heavy atom. The highest BCUT2D eigenvalue weighted by Crippen LogP contribution is 2.08. The van der Waals surface area contributed by atoms with Crippen LogP contribution in [0, 0.1) is 5.92 Å². The Morgan fingerprint density at radius 3 is 1.97 bits per heavy atom. The smallest absolute Gasteiger partial charge is 0.325 e. The number of nitrogens with two attached hydrogens (primary N) is 4. The van der Waals surface area contributed by atoms with Crippen LogP contribution in [0.3, 0.4) is 0 Å².